The summed E-state index contributed by atoms with van der Waals surface area (Å²) < 4.78 is 64.4. The van der Waals surface area contributed by atoms with Crippen molar-refractivity contribution in [2.45, 2.75) is 64.0 Å². The van der Waals surface area contributed by atoms with Gasteiger partial charge in [0.1, 0.15) is 12.8 Å². The van der Waals surface area contributed by atoms with Crippen LogP contribution >= 0.6 is 0 Å². The van der Waals surface area contributed by atoms with Gasteiger partial charge in [-0.05, 0) is 48.9 Å². The van der Waals surface area contributed by atoms with Gasteiger partial charge in [0.25, 0.3) is 20.2 Å². The van der Waals surface area contributed by atoms with Gasteiger partial charge in [-0.3, -0.25) is 13.2 Å². The Labute approximate surface area is 255 Å². The molecule has 236 valence electrons. The lowest BCUT2D eigenvalue weighted by molar-refractivity contribution is 0.0812. The first kappa shape index (κ1) is 34.6. The molecule has 0 atom stereocenters. The Morgan fingerprint density at radius 2 is 1.77 bits per heavy atom. The van der Waals surface area contributed by atoms with Crippen molar-refractivity contribution in [2.24, 2.45) is 0 Å². The summed E-state index contributed by atoms with van der Waals surface area (Å²) in [5, 5.41) is 9.51. The topological polar surface area (TPSA) is 181 Å². The van der Waals surface area contributed by atoms with Crippen LogP contribution in [0.4, 0.5) is 5.69 Å². The minimum atomic E-state index is -3.86. The maximum Gasteiger partial charge on any atom is 0.264 e. The Morgan fingerprint density at radius 3 is 2.30 bits per heavy atom. The molecule has 2 aromatic rings. The monoisotopic (exact) mass is 652 g/mol. The molecule has 0 aliphatic heterocycles. The van der Waals surface area contributed by atoms with Gasteiger partial charge in [-0.25, -0.2) is 4.98 Å². The first-order valence-corrected chi connectivity index (χ1v) is 21.2. The van der Waals surface area contributed by atoms with Gasteiger partial charge in [0.15, 0.2) is 11.5 Å². The van der Waals surface area contributed by atoms with Gasteiger partial charge in [0, 0.05) is 43.6 Å². The van der Waals surface area contributed by atoms with E-state index in [9.17, 15) is 26.9 Å². The standard InChI is InChI=1S/C28H40N4O8S2Si/c1-41(34,35)39-17-21(18-40-42(2,36)37)23-11-12-24(25(26(23)30)20-9-7-6-8-10-20)27(33)28-31-22(15-29)16-32(28)19-38-13-14-43(3,4)5/h9,11-12,16,21H,6-8,10,13-14,17-19,30H2,1-5H3. The molecule has 2 N–H and O–H groups in total. The molecule has 1 aromatic heterocycles. The summed E-state index contributed by atoms with van der Waals surface area (Å²) in [5.41, 5.74) is 8.89. The number of anilines is 1. The minimum absolute atomic E-state index is 0.0201. The smallest absolute Gasteiger partial charge is 0.264 e. The lowest BCUT2D eigenvalue weighted by Crippen LogP contribution is -2.23. The van der Waals surface area contributed by atoms with Crippen LogP contribution in [0.1, 0.15) is 64.6 Å². The van der Waals surface area contributed by atoms with Crippen LogP contribution < -0.4 is 5.73 Å². The molecule has 43 heavy (non-hydrogen) atoms. The summed E-state index contributed by atoms with van der Waals surface area (Å²) in [6, 6.07) is 6.01. The Hall–Kier alpha value is -2.87. The second-order valence-electron chi connectivity index (χ2n) is 11.8. The molecule has 0 radical (unpaired) electrons. The normalized spacial score (nSPS) is 14.5. The number of hydrogen-bond donors (Lipinski definition) is 1. The number of aromatic nitrogens is 2. The number of imidazole rings is 1. The summed E-state index contributed by atoms with van der Waals surface area (Å²) >= 11 is 0. The molecular weight excluding hydrogens is 613 g/mol. The predicted molar refractivity (Wildman–Crippen MR) is 166 cm³/mol. The van der Waals surface area contributed by atoms with Crippen molar-refractivity contribution in [2.75, 3.05) is 38.1 Å². The molecule has 0 unspecified atom stereocenters. The number of carbonyl (C=O) groups is 1. The van der Waals surface area contributed by atoms with Crippen LogP contribution in [0.15, 0.2) is 24.4 Å². The summed E-state index contributed by atoms with van der Waals surface area (Å²) in [4.78, 5) is 18.3. The van der Waals surface area contributed by atoms with Gasteiger partial charge in [-0.1, -0.05) is 31.8 Å². The van der Waals surface area contributed by atoms with Crippen LogP contribution in [0.5, 0.6) is 0 Å². The molecule has 3 rings (SSSR count). The van der Waals surface area contributed by atoms with Gasteiger partial charge in [0.05, 0.1) is 25.7 Å². The van der Waals surface area contributed by atoms with Gasteiger partial charge in [-0.2, -0.15) is 22.1 Å². The summed E-state index contributed by atoms with van der Waals surface area (Å²) in [6.07, 6.45) is 8.54. The first-order chi connectivity index (χ1) is 20.0. The van der Waals surface area contributed by atoms with Gasteiger partial charge < -0.3 is 15.0 Å². The van der Waals surface area contributed by atoms with Gasteiger partial charge in [-0.15, -0.1) is 0 Å². The Morgan fingerprint density at radius 1 is 1.12 bits per heavy atom. The molecule has 1 aliphatic rings. The Kier molecular flexibility index (Phi) is 11.5. The van der Waals surface area contributed by atoms with Crippen LogP contribution in [0.25, 0.3) is 5.57 Å². The minimum Gasteiger partial charge on any atom is -0.398 e. The number of ether oxygens (including phenoxy) is 1. The van der Waals surface area contributed by atoms with Crippen molar-refractivity contribution in [1.29, 1.82) is 5.26 Å². The van der Waals surface area contributed by atoms with Crippen molar-refractivity contribution in [3.63, 3.8) is 0 Å². The molecule has 1 aromatic carbocycles. The molecule has 0 saturated carbocycles. The number of benzene rings is 1. The van der Waals surface area contributed by atoms with Crippen molar-refractivity contribution < 1.29 is 34.7 Å². The molecular formula is C28H40N4O8S2Si. The average molecular weight is 653 g/mol. The average Bonchev–Trinajstić information content (AvgIpc) is 3.33. The van der Waals surface area contributed by atoms with E-state index < -0.39 is 53.2 Å². The largest absolute Gasteiger partial charge is 0.398 e. The highest BCUT2D eigenvalue weighted by molar-refractivity contribution is 7.86. The van der Waals surface area contributed by atoms with Crippen LogP contribution in [-0.4, -0.2) is 72.6 Å². The SMILES string of the molecule is C[Si](C)(C)CCOCn1cc(C#N)nc1C(=O)c1ccc(C(COS(C)(=O)=O)COS(C)(=O)=O)c(N)c1C1=CCCCC1. The van der Waals surface area contributed by atoms with E-state index in [1.165, 1.54) is 10.8 Å². The molecule has 0 fully saturated rings. The molecule has 0 saturated heterocycles. The maximum atomic E-state index is 14.1. The van der Waals surface area contributed by atoms with E-state index in [1.807, 2.05) is 12.1 Å². The predicted octanol–water partition coefficient (Wildman–Crippen LogP) is 3.87. The third-order valence-electron chi connectivity index (χ3n) is 6.86. The lowest BCUT2D eigenvalue weighted by atomic mass is 9.84. The van der Waals surface area contributed by atoms with E-state index >= 15 is 0 Å². The fourth-order valence-electron chi connectivity index (χ4n) is 4.64. The van der Waals surface area contributed by atoms with E-state index in [0.29, 0.717) is 24.2 Å². The van der Waals surface area contributed by atoms with Crippen LogP contribution in [0, 0.1) is 11.3 Å². The van der Waals surface area contributed by atoms with E-state index in [1.54, 1.807) is 12.1 Å². The molecule has 1 heterocycles. The van der Waals surface area contributed by atoms with Gasteiger partial charge >= 0.3 is 0 Å². The zero-order valence-electron chi connectivity index (χ0n) is 25.3. The first-order valence-electron chi connectivity index (χ1n) is 13.9. The number of nitrogen functional groups attached to an aromatic ring is 1. The highest BCUT2D eigenvalue weighted by Crippen LogP contribution is 2.38. The highest BCUT2D eigenvalue weighted by atomic mass is 32.2. The van der Waals surface area contributed by atoms with Gasteiger partial charge in [0.2, 0.25) is 5.78 Å². The number of nitrogens with two attached hydrogens (primary N) is 1. The Bertz CT molecular complexity index is 1580. The van der Waals surface area contributed by atoms with E-state index in [-0.39, 0.29) is 29.5 Å². The zero-order valence-corrected chi connectivity index (χ0v) is 27.9. The van der Waals surface area contributed by atoms with Crippen molar-refractivity contribution in [3.8, 4) is 6.07 Å². The number of allylic oxidation sites excluding steroid dienone is 2. The van der Waals surface area contributed by atoms with E-state index in [2.05, 4.69) is 24.6 Å². The fraction of sp³-hybridized carbons (Fsp3) is 0.536. The quantitative estimate of drug-likeness (QED) is 0.0970. The highest BCUT2D eigenvalue weighted by Gasteiger charge is 2.28. The number of nitrogens with zero attached hydrogens (tertiary/aromatic N) is 3. The number of rotatable bonds is 15. The molecule has 12 nitrogen and oxygen atoms in total. The van der Waals surface area contributed by atoms with Crippen LogP contribution in [0.2, 0.25) is 25.7 Å². The number of carbonyl (C=O) groups excluding carboxylic acids is 1. The molecule has 0 bridgehead atoms. The zero-order chi connectivity index (χ0) is 32.0. The third kappa shape index (κ3) is 10.4. The number of hydrogen-bond acceptors (Lipinski definition) is 11. The molecule has 1 aliphatic carbocycles. The third-order valence-corrected chi connectivity index (χ3v) is 9.70. The van der Waals surface area contributed by atoms with Crippen molar-refractivity contribution >= 4 is 45.4 Å². The Balaban J connectivity index is 2.09. The number of nitriles is 1. The van der Waals surface area contributed by atoms with E-state index in [4.69, 9.17) is 18.8 Å². The lowest BCUT2D eigenvalue weighted by Gasteiger charge is -2.24. The second kappa shape index (κ2) is 14.3. The summed E-state index contributed by atoms with van der Waals surface area (Å²) in [7, 11) is -9.07. The van der Waals surface area contributed by atoms with E-state index in [0.717, 1.165) is 43.4 Å². The molecule has 0 spiro atoms. The molecule has 0 amide bonds. The van der Waals surface area contributed by atoms with Crippen molar-refractivity contribution in [3.05, 3.63) is 52.6 Å². The second-order valence-corrected chi connectivity index (χ2v) is 20.8. The summed E-state index contributed by atoms with van der Waals surface area (Å²) in [5.74, 6) is -1.33. The number of ketones is 1. The molecule has 15 heteroatoms. The summed E-state index contributed by atoms with van der Waals surface area (Å²) in [6.45, 7) is 6.41. The fourth-order valence-corrected chi connectivity index (χ4v) is 6.22. The van der Waals surface area contributed by atoms with Crippen LogP contribution in [0.3, 0.4) is 0 Å². The van der Waals surface area contributed by atoms with Crippen molar-refractivity contribution in [1.82, 2.24) is 9.55 Å². The maximum absolute atomic E-state index is 14.1. The van der Waals surface area contributed by atoms with Crippen LogP contribution in [-0.2, 0) is 40.1 Å².